The third kappa shape index (κ3) is 5.39. The van der Waals surface area contributed by atoms with Gasteiger partial charge in [-0.3, -0.25) is 9.36 Å². The predicted molar refractivity (Wildman–Crippen MR) is 133 cm³/mol. The Bertz CT molecular complexity index is 1050. The lowest BCUT2D eigenvalue weighted by molar-refractivity contribution is -0.135. The van der Waals surface area contributed by atoms with Crippen molar-refractivity contribution in [1.29, 1.82) is 0 Å². The Balaban J connectivity index is 1.59. The zero-order valence-electron chi connectivity index (χ0n) is 19.5. The fourth-order valence-electron chi connectivity index (χ4n) is 4.03. The maximum absolute atomic E-state index is 12.8. The summed E-state index contributed by atoms with van der Waals surface area (Å²) in [5.74, 6) is 1.18. The van der Waals surface area contributed by atoms with E-state index in [1.54, 1.807) is 0 Å². The number of hydrogen-bond donors (Lipinski definition) is 0. The van der Waals surface area contributed by atoms with E-state index in [0.29, 0.717) is 30.6 Å². The first kappa shape index (κ1) is 23.3. The van der Waals surface area contributed by atoms with E-state index < -0.39 is 0 Å². The van der Waals surface area contributed by atoms with Crippen LogP contribution in [0.25, 0.3) is 17.1 Å². The highest BCUT2D eigenvalue weighted by Crippen LogP contribution is 2.29. The van der Waals surface area contributed by atoms with E-state index >= 15 is 0 Å². The van der Waals surface area contributed by atoms with E-state index in [-0.39, 0.29) is 12.0 Å². The van der Waals surface area contributed by atoms with Crippen molar-refractivity contribution in [2.45, 2.75) is 32.0 Å². The first-order valence-electron chi connectivity index (χ1n) is 11.5. The first-order valence-corrected chi connectivity index (χ1v) is 12.5. The molecule has 0 bridgehead atoms. The van der Waals surface area contributed by atoms with Crippen molar-refractivity contribution < 1.29 is 9.53 Å². The number of carbonyl (C=O) groups is 1. The van der Waals surface area contributed by atoms with Crippen molar-refractivity contribution in [3.05, 3.63) is 54.6 Å². The molecule has 1 aromatic heterocycles. The summed E-state index contributed by atoms with van der Waals surface area (Å²) in [6, 6.07) is 18.5. The van der Waals surface area contributed by atoms with Gasteiger partial charge in [0.25, 0.3) is 0 Å². The number of para-hydroxylation sites is 1. The van der Waals surface area contributed by atoms with Crippen LogP contribution in [0.4, 0.5) is 5.69 Å². The van der Waals surface area contributed by atoms with Gasteiger partial charge in [-0.2, -0.15) is 0 Å². The number of carbonyl (C=O) groups excluding carboxylic acids is 1. The zero-order chi connectivity index (χ0) is 23.2. The average molecular weight is 466 g/mol. The lowest BCUT2D eigenvalue weighted by Crippen LogP contribution is -2.45. The van der Waals surface area contributed by atoms with Crippen LogP contribution >= 0.6 is 11.8 Å². The average Bonchev–Trinajstić information content (AvgIpc) is 3.28. The van der Waals surface area contributed by atoms with Crippen LogP contribution < -0.4 is 4.90 Å². The Morgan fingerprint density at radius 2 is 1.82 bits per heavy atom. The molecule has 0 N–H and O–H groups in total. The van der Waals surface area contributed by atoms with Crippen molar-refractivity contribution in [2.75, 3.05) is 43.4 Å². The summed E-state index contributed by atoms with van der Waals surface area (Å²) < 4.78 is 7.59. The van der Waals surface area contributed by atoms with Crippen LogP contribution in [0.5, 0.6) is 0 Å². The van der Waals surface area contributed by atoms with Crippen LogP contribution in [-0.2, 0) is 9.53 Å². The van der Waals surface area contributed by atoms with Gasteiger partial charge in [0.15, 0.2) is 11.0 Å². The van der Waals surface area contributed by atoms with E-state index in [2.05, 4.69) is 53.2 Å². The van der Waals surface area contributed by atoms with Crippen LogP contribution in [0.2, 0.25) is 0 Å². The molecule has 1 amide bonds. The van der Waals surface area contributed by atoms with Crippen molar-refractivity contribution in [3.63, 3.8) is 0 Å². The predicted octanol–water partition coefficient (Wildman–Crippen LogP) is 4.12. The summed E-state index contributed by atoms with van der Waals surface area (Å²) in [4.78, 5) is 17.0. The number of anilines is 1. The molecule has 7 nitrogen and oxygen atoms in total. The molecule has 0 spiro atoms. The van der Waals surface area contributed by atoms with E-state index in [9.17, 15) is 4.79 Å². The van der Waals surface area contributed by atoms with Crippen LogP contribution in [0.1, 0.15) is 20.8 Å². The molecule has 0 saturated carbocycles. The number of morpholine rings is 1. The highest BCUT2D eigenvalue weighted by molar-refractivity contribution is 7.99. The Hall–Kier alpha value is -2.84. The Morgan fingerprint density at radius 1 is 1.09 bits per heavy atom. The van der Waals surface area contributed by atoms with Gasteiger partial charge >= 0.3 is 0 Å². The second-order valence-electron chi connectivity index (χ2n) is 8.01. The molecule has 1 aliphatic heterocycles. The van der Waals surface area contributed by atoms with Crippen molar-refractivity contribution in [2.24, 2.45) is 0 Å². The normalized spacial score (nSPS) is 16.1. The molecule has 1 saturated heterocycles. The van der Waals surface area contributed by atoms with E-state index in [0.717, 1.165) is 30.2 Å². The highest BCUT2D eigenvalue weighted by atomic mass is 32.2. The lowest BCUT2D eigenvalue weighted by Gasteiger charge is -2.31. The van der Waals surface area contributed by atoms with Gasteiger partial charge in [-0.05, 0) is 57.2 Å². The molecule has 2 heterocycles. The fraction of sp³-hybridized carbons (Fsp3) is 0.400. The monoisotopic (exact) mass is 465 g/mol. The fourth-order valence-corrected chi connectivity index (χ4v) is 4.89. The number of benzene rings is 2. The number of ether oxygens (including phenoxy) is 1. The van der Waals surface area contributed by atoms with Crippen LogP contribution in [0.15, 0.2) is 59.8 Å². The zero-order valence-corrected chi connectivity index (χ0v) is 20.3. The standard InChI is InChI=1S/C25H31N5O2S/c1-4-28(5-2)21-13-11-20(12-14-21)24-26-27-25(30(24)22-9-7-6-8-10-22)33-18-23(31)29-15-16-32-19(3)17-29/h6-14,19H,4-5,15-18H2,1-3H3/t19-/m1/s1. The number of hydrogen-bond acceptors (Lipinski definition) is 6. The molecule has 2 aromatic carbocycles. The molecule has 174 valence electrons. The molecule has 0 unspecified atom stereocenters. The molecule has 3 aromatic rings. The summed E-state index contributed by atoms with van der Waals surface area (Å²) >= 11 is 1.42. The lowest BCUT2D eigenvalue weighted by atomic mass is 10.1. The quantitative estimate of drug-likeness (QED) is 0.467. The number of rotatable bonds is 8. The molecular formula is C25H31N5O2S. The Labute approximate surface area is 199 Å². The molecule has 8 heteroatoms. The smallest absolute Gasteiger partial charge is 0.233 e. The van der Waals surface area contributed by atoms with Gasteiger partial charge in [0.2, 0.25) is 5.91 Å². The molecule has 1 atom stereocenters. The van der Waals surface area contributed by atoms with E-state index in [1.807, 2.05) is 46.7 Å². The van der Waals surface area contributed by atoms with Crippen molar-refractivity contribution in [1.82, 2.24) is 19.7 Å². The summed E-state index contributed by atoms with van der Waals surface area (Å²) in [7, 11) is 0. The summed E-state index contributed by atoms with van der Waals surface area (Å²) in [6.07, 6.45) is 0.0755. The highest BCUT2D eigenvalue weighted by Gasteiger charge is 2.23. The molecule has 1 fully saturated rings. The van der Waals surface area contributed by atoms with Gasteiger partial charge in [-0.15, -0.1) is 10.2 Å². The van der Waals surface area contributed by atoms with Gasteiger partial charge in [0.05, 0.1) is 18.5 Å². The number of amides is 1. The third-order valence-electron chi connectivity index (χ3n) is 5.82. The maximum atomic E-state index is 12.8. The molecule has 33 heavy (non-hydrogen) atoms. The van der Waals surface area contributed by atoms with Gasteiger partial charge in [-0.25, -0.2) is 0 Å². The minimum atomic E-state index is 0.0755. The maximum Gasteiger partial charge on any atom is 0.233 e. The SMILES string of the molecule is CCN(CC)c1ccc(-c2nnc(SCC(=O)N3CCO[C@H](C)C3)n2-c2ccccc2)cc1. The van der Waals surface area contributed by atoms with E-state index in [1.165, 1.54) is 17.4 Å². The second-order valence-corrected chi connectivity index (χ2v) is 8.95. The number of thioether (sulfide) groups is 1. The summed E-state index contributed by atoms with van der Waals surface area (Å²) in [5, 5.41) is 9.68. The Morgan fingerprint density at radius 3 is 2.48 bits per heavy atom. The van der Waals surface area contributed by atoms with Gasteiger partial charge < -0.3 is 14.5 Å². The van der Waals surface area contributed by atoms with Gasteiger partial charge in [0, 0.05) is 43.1 Å². The van der Waals surface area contributed by atoms with Gasteiger partial charge in [-0.1, -0.05) is 30.0 Å². The van der Waals surface area contributed by atoms with Crippen LogP contribution in [0, 0.1) is 0 Å². The number of nitrogens with zero attached hydrogens (tertiary/aromatic N) is 5. The minimum Gasteiger partial charge on any atom is -0.375 e. The summed E-state index contributed by atoms with van der Waals surface area (Å²) in [6.45, 7) is 10.1. The van der Waals surface area contributed by atoms with Crippen molar-refractivity contribution >= 4 is 23.4 Å². The molecule has 4 rings (SSSR count). The first-order chi connectivity index (χ1) is 16.1. The van der Waals surface area contributed by atoms with E-state index in [4.69, 9.17) is 4.74 Å². The van der Waals surface area contributed by atoms with Crippen LogP contribution in [-0.4, -0.2) is 70.2 Å². The van der Waals surface area contributed by atoms with Crippen LogP contribution in [0.3, 0.4) is 0 Å². The third-order valence-corrected chi connectivity index (χ3v) is 6.73. The largest absolute Gasteiger partial charge is 0.375 e. The topological polar surface area (TPSA) is 63.5 Å². The molecule has 0 radical (unpaired) electrons. The molecule has 0 aliphatic carbocycles. The van der Waals surface area contributed by atoms with Crippen molar-refractivity contribution in [3.8, 4) is 17.1 Å². The summed E-state index contributed by atoms with van der Waals surface area (Å²) in [5.41, 5.74) is 3.15. The molecular weight excluding hydrogens is 434 g/mol. The number of aromatic nitrogens is 3. The van der Waals surface area contributed by atoms with Gasteiger partial charge in [0.1, 0.15) is 0 Å². The molecule has 1 aliphatic rings. The minimum absolute atomic E-state index is 0.0755. The Kier molecular flexibility index (Phi) is 7.67. The second kappa shape index (κ2) is 10.9.